The molecule has 0 aliphatic carbocycles. The number of anilines is 1. The van der Waals surface area contributed by atoms with Crippen LogP contribution < -0.4 is 15.4 Å². The van der Waals surface area contributed by atoms with E-state index in [0.717, 1.165) is 16.5 Å². The van der Waals surface area contributed by atoms with Gasteiger partial charge in [0, 0.05) is 18.6 Å². The number of thioether (sulfide) groups is 1. The zero-order valence-electron chi connectivity index (χ0n) is 17.3. The molecular formula is C22H19ClFN5O2S. The second-order valence-electron chi connectivity index (χ2n) is 6.73. The first-order valence-corrected chi connectivity index (χ1v) is 11.0. The first kappa shape index (κ1) is 22.0. The summed E-state index contributed by atoms with van der Waals surface area (Å²) in [7, 11) is 1.74. The van der Waals surface area contributed by atoms with Crippen LogP contribution in [0, 0.1) is 5.82 Å². The van der Waals surface area contributed by atoms with Crippen molar-refractivity contribution in [2.75, 3.05) is 19.0 Å². The van der Waals surface area contributed by atoms with Gasteiger partial charge in [0.15, 0.2) is 5.17 Å². The number of hydrogen-bond acceptors (Lipinski definition) is 7. The molecule has 3 aromatic rings. The van der Waals surface area contributed by atoms with Crippen LogP contribution in [0.2, 0.25) is 5.02 Å². The third kappa shape index (κ3) is 4.84. The van der Waals surface area contributed by atoms with E-state index in [1.807, 2.05) is 25.1 Å². The van der Waals surface area contributed by atoms with Gasteiger partial charge in [-0.3, -0.25) is 4.79 Å². The fourth-order valence-electron chi connectivity index (χ4n) is 3.04. The largest absolute Gasteiger partial charge is 0.477 e. The lowest BCUT2D eigenvalue weighted by atomic mass is 10.1. The van der Waals surface area contributed by atoms with Gasteiger partial charge >= 0.3 is 0 Å². The summed E-state index contributed by atoms with van der Waals surface area (Å²) in [6, 6.07) is 9.78. The van der Waals surface area contributed by atoms with Crippen molar-refractivity contribution in [1.82, 2.24) is 15.3 Å². The van der Waals surface area contributed by atoms with Crippen LogP contribution in [0.25, 0.3) is 17.0 Å². The van der Waals surface area contributed by atoms with Crippen molar-refractivity contribution in [1.29, 1.82) is 0 Å². The number of benzene rings is 2. The highest BCUT2D eigenvalue weighted by molar-refractivity contribution is 8.18. The molecule has 32 heavy (non-hydrogen) atoms. The van der Waals surface area contributed by atoms with E-state index in [1.165, 1.54) is 23.9 Å². The first-order chi connectivity index (χ1) is 15.5. The van der Waals surface area contributed by atoms with Crippen LogP contribution in [0.4, 0.5) is 10.3 Å². The Bertz CT molecular complexity index is 1260. The Morgan fingerprint density at radius 3 is 2.81 bits per heavy atom. The van der Waals surface area contributed by atoms with E-state index < -0.39 is 5.82 Å². The van der Waals surface area contributed by atoms with E-state index in [9.17, 15) is 9.18 Å². The quantitative estimate of drug-likeness (QED) is 0.507. The van der Waals surface area contributed by atoms with Crippen molar-refractivity contribution < 1.29 is 13.9 Å². The molecule has 164 valence electrons. The van der Waals surface area contributed by atoms with E-state index in [0.29, 0.717) is 45.6 Å². The maximum atomic E-state index is 13.2. The lowest BCUT2D eigenvalue weighted by Gasteiger charge is -2.09. The number of nitrogens with one attached hydrogen (secondary N) is 2. The molecule has 0 spiro atoms. The zero-order chi connectivity index (χ0) is 22.7. The smallest absolute Gasteiger partial charge is 0.286 e. The van der Waals surface area contributed by atoms with Crippen LogP contribution in [0.5, 0.6) is 5.88 Å². The summed E-state index contributed by atoms with van der Waals surface area (Å²) in [6.07, 6.45) is 1.76. The van der Waals surface area contributed by atoms with E-state index in [4.69, 9.17) is 16.3 Å². The van der Waals surface area contributed by atoms with Gasteiger partial charge in [0.2, 0.25) is 11.8 Å². The second-order valence-corrected chi connectivity index (χ2v) is 8.17. The van der Waals surface area contributed by atoms with Crippen LogP contribution in [0.3, 0.4) is 0 Å². The molecule has 0 bridgehead atoms. The fourth-order valence-corrected chi connectivity index (χ4v) is 4.08. The van der Waals surface area contributed by atoms with Gasteiger partial charge in [-0.05, 0) is 60.2 Å². The van der Waals surface area contributed by atoms with Crippen molar-refractivity contribution in [3.05, 3.63) is 63.3 Å². The average molecular weight is 472 g/mol. The van der Waals surface area contributed by atoms with Gasteiger partial charge in [0.25, 0.3) is 5.91 Å². The summed E-state index contributed by atoms with van der Waals surface area (Å²) in [5.41, 5.74) is 2.24. The Labute approximate surface area is 193 Å². The molecule has 2 aromatic carbocycles. The number of hydrogen-bond donors (Lipinski definition) is 2. The summed E-state index contributed by atoms with van der Waals surface area (Å²) in [4.78, 5) is 25.7. The molecule has 1 aromatic heterocycles. The van der Waals surface area contributed by atoms with Crippen molar-refractivity contribution in [3.8, 4) is 5.88 Å². The molecule has 0 fully saturated rings. The number of aromatic nitrogens is 2. The number of nitrogens with zero attached hydrogens (tertiary/aromatic N) is 3. The van der Waals surface area contributed by atoms with Crippen molar-refractivity contribution >= 4 is 57.4 Å². The van der Waals surface area contributed by atoms with Crippen molar-refractivity contribution in [2.24, 2.45) is 4.99 Å². The van der Waals surface area contributed by atoms with Gasteiger partial charge < -0.3 is 15.4 Å². The minimum atomic E-state index is -0.401. The molecule has 2 heterocycles. The SMILES string of the molecule is CCOc1nc(NC)nc2ccc(/C=C3/SC(NCc4ccc(F)cc4Cl)=NC3=O)cc12. The second kappa shape index (κ2) is 9.54. The predicted octanol–water partition coefficient (Wildman–Crippen LogP) is 4.62. The van der Waals surface area contributed by atoms with E-state index in [-0.39, 0.29) is 5.91 Å². The summed E-state index contributed by atoms with van der Waals surface area (Å²) in [5, 5.41) is 7.51. The number of amidine groups is 1. The topological polar surface area (TPSA) is 88.5 Å². The summed E-state index contributed by atoms with van der Waals surface area (Å²) in [6.45, 7) is 2.68. The Morgan fingerprint density at radius 1 is 1.22 bits per heavy atom. The highest BCUT2D eigenvalue weighted by Gasteiger charge is 2.22. The number of carbonyl (C=O) groups excluding carboxylic acids is 1. The van der Waals surface area contributed by atoms with Gasteiger partial charge in [-0.1, -0.05) is 23.7 Å². The van der Waals surface area contributed by atoms with E-state index in [2.05, 4.69) is 25.6 Å². The lowest BCUT2D eigenvalue weighted by molar-refractivity contribution is -0.113. The van der Waals surface area contributed by atoms with E-state index >= 15 is 0 Å². The summed E-state index contributed by atoms with van der Waals surface area (Å²) >= 11 is 7.28. The molecule has 10 heteroatoms. The first-order valence-electron chi connectivity index (χ1n) is 9.79. The predicted molar refractivity (Wildman–Crippen MR) is 127 cm³/mol. The maximum Gasteiger partial charge on any atom is 0.286 e. The molecule has 0 unspecified atom stereocenters. The van der Waals surface area contributed by atoms with Gasteiger partial charge in [-0.15, -0.1) is 0 Å². The number of fused-ring (bicyclic) bond motifs is 1. The zero-order valence-corrected chi connectivity index (χ0v) is 18.9. The Kier molecular flexibility index (Phi) is 6.57. The highest BCUT2D eigenvalue weighted by Crippen LogP contribution is 2.30. The third-order valence-electron chi connectivity index (χ3n) is 4.55. The number of halogens is 2. The summed E-state index contributed by atoms with van der Waals surface area (Å²) in [5.74, 6) is 0.207. The van der Waals surface area contributed by atoms with Crippen LogP contribution in [-0.4, -0.2) is 34.7 Å². The molecule has 7 nitrogen and oxygen atoms in total. The number of rotatable bonds is 6. The van der Waals surface area contributed by atoms with Gasteiger partial charge in [-0.25, -0.2) is 9.37 Å². The van der Waals surface area contributed by atoms with Gasteiger partial charge in [0.05, 0.1) is 22.4 Å². The van der Waals surface area contributed by atoms with Gasteiger partial charge in [0.1, 0.15) is 5.82 Å². The Morgan fingerprint density at radius 2 is 2.06 bits per heavy atom. The molecule has 2 N–H and O–H groups in total. The molecule has 1 aliphatic heterocycles. The molecule has 0 radical (unpaired) electrons. The number of aliphatic imine (C=N–C) groups is 1. The number of carbonyl (C=O) groups is 1. The molecule has 0 atom stereocenters. The third-order valence-corrected chi connectivity index (χ3v) is 5.85. The van der Waals surface area contributed by atoms with Crippen LogP contribution in [0.15, 0.2) is 46.3 Å². The monoisotopic (exact) mass is 471 g/mol. The molecule has 4 rings (SSSR count). The summed E-state index contributed by atoms with van der Waals surface area (Å²) < 4.78 is 18.9. The maximum absolute atomic E-state index is 13.2. The molecule has 0 saturated carbocycles. The van der Waals surface area contributed by atoms with E-state index in [1.54, 1.807) is 19.2 Å². The van der Waals surface area contributed by atoms with Crippen molar-refractivity contribution in [2.45, 2.75) is 13.5 Å². The number of amides is 1. The average Bonchev–Trinajstić information content (AvgIpc) is 3.12. The normalized spacial score (nSPS) is 14.7. The fraction of sp³-hybridized carbons (Fsp3) is 0.182. The molecule has 0 saturated heterocycles. The minimum Gasteiger partial charge on any atom is -0.477 e. The van der Waals surface area contributed by atoms with Crippen LogP contribution >= 0.6 is 23.4 Å². The standard InChI is InChI=1S/C22H19ClFN5O2S/c1-3-31-20-15-8-12(4-7-17(15)27-21(25-2)29-20)9-18-19(30)28-22(32-18)26-11-13-5-6-14(24)10-16(13)23/h4-10H,3,11H2,1-2H3,(H,25,27,29)(H,26,28,30)/b18-9+. The number of ether oxygens (including phenoxy) is 1. The van der Waals surface area contributed by atoms with Gasteiger partial charge in [-0.2, -0.15) is 9.98 Å². The molecule has 1 amide bonds. The lowest BCUT2D eigenvalue weighted by Crippen LogP contribution is -2.18. The van der Waals surface area contributed by atoms with Crippen LogP contribution in [0.1, 0.15) is 18.1 Å². The Hall–Kier alpha value is -3.17. The molecule has 1 aliphatic rings. The van der Waals surface area contributed by atoms with Crippen LogP contribution in [-0.2, 0) is 11.3 Å². The Balaban J connectivity index is 1.52. The molecular weight excluding hydrogens is 453 g/mol. The highest BCUT2D eigenvalue weighted by atomic mass is 35.5. The van der Waals surface area contributed by atoms with Crippen molar-refractivity contribution in [3.63, 3.8) is 0 Å². The minimum absolute atomic E-state index is 0.313.